The van der Waals surface area contributed by atoms with Crippen molar-refractivity contribution >= 4 is 52.1 Å². The molecule has 1 heterocycles. The molecule has 1 atom stereocenters. The van der Waals surface area contributed by atoms with Crippen LogP contribution in [0.1, 0.15) is 18.1 Å². The Bertz CT molecular complexity index is 1030. The summed E-state index contributed by atoms with van der Waals surface area (Å²) in [5.74, 6) is -0.0276. The number of amides is 1. The SMILES string of the molecule is CC(Oc1ccc(Cl)cc1Cl)C(=O)NC(=S)Nc1ccc(Cc2ccncc2)cc1. The number of carbonyl (C=O) groups excluding carboxylic acids is 1. The van der Waals surface area contributed by atoms with E-state index in [0.29, 0.717) is 15.8 Å². The van der Waals surface area contributed by atoms with Gasteiger partial charge < -0.3 is 10.1 Å². The molecule has 154 valence electrons. The maximum atomic E-state index is 12.3. The average molecular weight is 460 g/mol. The molecular formula is C22H19Cl2N3O2S. The number of anilines is 1. The van der Waals surface area contributed by atoms with E-state index in [4.69, 9.17) is 40.2 Å². The third-order valence-corrected chi connectivity index (χ3v) is 4.91. The Morgan fingerprint density at radius 3 is 2.40 bits per heavy atom. The van der Waals surface area contributed by atoms with Gasteiger partial charge in [-0.1, -0.05) is 35.3 Å². The number of aromatic nitrogens is 1. The first-order valence-electron chi connectivity index (χ1n) is 9.12. The molecular weight excluding hydrogens is 441 g/mol. The van der Waals surface area contributed by atoms with Gasteiger partial charge in [0.15, 0.2) is 11.2 Å². The van der Waals surface area contributed by atoms with Gasteiger partial charge in [-0.05, 0) is 79.2 Å². The van der Waals surface area contributed by atoms with Crippen LogP contribution >= 0.6 is 35.4 Å². The summed E-state index contributed by atoms with van der Waals surface area (Å²) in [6.07, 6.45) is 3.56. The minimum absolute atomic E-state index is 0.180. The van der Waals surface area contributed by atoms with Gasteiger partial charge in [-0.25, -0.2) is 0 Å². The fourth-order valence-electron chi connectivity index (χ4n) is 2.63. The monoisotopic (exact) mass is 459 g/mol. The average Bonchev–Trinajstić information content (AvgIpc) is 2.72. The third-order valence-electron chi connectivity index (χ3n) is 4.17. The van der Waals surface area contributed by atoms with E-state index in [9.17, 15) is 4.79 Å². The van der Waals surface area contributed by atoms with Crippen LogP contribution in [0.2, 0.25) is 10.0 Å². The first kappa shape index (κ1) is 22.0. The molecule has 0 fully saturated rings. The number of nitrogens with one attached hydrogen (secondary N) is 2. The second-order valence-electron chi connectivity index (χ2n) is 6.51. The predicted molar refractivity (Wildman–Crippen MR) is 124 cm³/mol. The third kappa shape index (κ3) is 6.42. The molecule has 0 saturated heterocycles. The van der Waals surface area contributed by atoms with Crippen molar-refractivity contribution in [2.45, 2.75) is 19.4 Å². The molecule has 0 spiro atoms. The molecule has 2 N–H and O–H groups in total. The summed E-state index contributed by atoms with van der Waals surface area (Å²) in [5, 5.41) is 6.60. The van der Waals surface area contributed by atoms with Crippen molar-refractivity contribution in [3.05, 3.63) is 88.2 Å². The molecule has 1 amide bonds. The molecule has 30 heavy (non-hydrogen) atoms. The number of rotatable bonds is 6. The van der Waals surface area contributed by atoms with Crippen LogP contribution in [0.4, 0.5) is 5.69 Å². The summed E-state index contributed by atoms with van der Waals surface area (Å²) < 4.78 is 5.59. The van der Waals surface area contributed by atoms with Crippen LogP contribution in [0.3, 0.4) is 0 Å². The van der Waals surface area contributed by atoms with Crippen molar-refractivity contribution in [2.24, 2.45) is 0 Å². The lowest BCUT2D eigenvalue weighted by Gasteiger charge is -2.16. The van der Waals surface area contributed by atoms with Crippen molar-refractivity contribution in [3.63, 3.8) is 0 Å². The van der Waals surface area contributed by atoms with E-state index in [2.05, 4.69) is 15.6 Å². The Balaban J connectivity index is 1.51. The van der Waals surface area contributed by atoms with Gasteiger partial charge in [-0.2, -0.15) is 0 Å². The van der Waals surface area contributed by atoms with E-state index in [0.717, 1.165) is 17.7 Å². The van der Waals surface area contributed by atoms with Gasteiger partial charge in [-0.3, -0.25) is 15.1 Å². The summed E-state index contributed by atoms with van der Waals surface area (Å²) in [6, 6.07) is 16.6. The van der Waals surface area contributed by atoms with Gasteiger partial charge in [0.1, 0.15) is 5.75 Å². The van der Waals surface area contributed by atoms with Gasteiger partial charge in [0.25, 0.3) is 5.91 Å². The largest absolute Gasteiger partial charge is 0.479 e. The van der Waals surface area contributed by atoms with Crippen molar-refractivity contribution in [2.75, 3.05) is 5.32 Å². The minimum atomic E-state index is -0.800. The van der Waals surface area contributed by atoms with E-state index < -0.39 is 12.0 Å². The number of thiocarbonyl (C=S) groups is 1. The number of halogens is 2. The van der Waals surface area contributed by atoms with Crippen molar-refractivity contribution < 1.29 is 9.53 Å². The lowest BCUT2D eigenvalue weighted by Crippen LogP contribution is -2.42. The van der Waals surface area contributed by atoms with E-state index in [1.54, 1.807) is 37.5 Å². The zero-order valence-electron chi connectivity index (χ0n) is 16.1. The number of hydrogen-bond donors (Lipinski definition) is 2. The molecule has 0 aliphatic carbocycles. The quantitative estimate of drug-likeness (QED) is 0.492. The van der Waals surface area contributed by atoms with Crippen LogP contribution in [0, 0.1) is 0 Å². The number of ether oxygens (including phenoxy) is 1. The first-order chi connectivity index (χ1) is 14.4. The van der Waals surface area contributed by atoms with E-state index >= 15 is 0 Å². The number of nitrogens with zero attached hydrogens (tertiary/aromatic N) is 1. The molecule has 3 aromatic rings. The normalized spacial score (nSPS) is 11.4. The van der Waals surface area contributed by atoms with Crippen LogP contribution in [0.5, 0.6) is 5.75 Å². The van der Waals surface area contributed by atoms with E-state index in [-0.39, 0.29) is 5.11 Å². The lowest BCUT2D eigenvalue weighted by molar-refractivity contribution is -0.125. The highest BCUT2D eigenvalue weighted by atomic mass is 35.5. The van der Waals surface area contributed by atoms with Crippen LogP contribution in [-0.4, -0.2) is 22.1 Å². The second-order valence-corrected chi connectivity index (χ2v) is 7.76. The van der Waals surface area contributed by atoms with Gasteiger partial charge in [-0.15, -0.1) is 0 Å². The summed E-state index contributed by atoms with van der Waals surface area (Å²) in [6.45, 7) is 1.61. The van der Waals surface area contributed by atoms with Gasteiger partial charge in [0.2, 0.25) is 0 Å². The predicted octanol–water partition coefficient (Wildman–Crippen LogP) is 5.26. The molecule has 1 unspecified atom stereocenters. The van der Waals surface area contributed by atoms with Crippen molar-refractivity contribution in [1.82, 2.24) is 10.3 Å². The summed E-state index contributed by atoms with van der Waals surface area (Å²) in [7, 11) is 0. The highest BCUT2D eigenvalue weighted by molar-refractivity contribution is 7.80. The molecule has 0 aliphatic heterocycles. The standard InChI is InChI=1S/C22H19Cl2N3O2S/c1-14(29-20-7-4-17(23)13-19(20)24)21(28)27-22(30)26-18-5-2-15(3-6-18)12-16-8-10-25-11-9-16/h2-11,13-14H,12H2,1H3,(H2,26,27,28,30). The zero-order valence-corrected chi connectivity index (χ0v) is 18.4. The Hall–Kier alpha value is -2.67. The Morgan fingerprint density at radius 1 is 1.07 bits per heavy atom. The highest BCUT2D eigenvalue weighted by Gasteiger charge is 2.17. The Kier molecular flexibility index (Phi) is 7.63. The molecule has 3 rings (SSSR count). The van der Waals surface area contributed by atoms with Crippen LogP contribution in [0.15, 0.2) is 67.0 Å². The van der Waals surface area contributed by atoms with Crippen LogP contribution < -0.4 is 15.4 Å². The van der Waals surface area contributed by atoms with Crippen LogP contribution in [-0.2, 0) is 11.2 Å². The van der Waals surface area contributed by atoms with Gasteiger partial charge >= 0.3 is 0 Å². The lowest BCUT2D eigenvalue weighted by atomic mass is 10.1. The Labute approximate surface area is 190 Å². The van der Waals surface area contributed by atoms with E-state index in [1.165, 1.54) is 5.56 Å². The number of benzene rings is 2. The van der Waals surface area contributed by atoms with Crippen molar-refractivity contribution in [1.29, 1.82) is 0 Å². The molecule has 5 nitrogen and oxygen atoms in total. The highest BCUT2D eigenvalue weighted by Crippen LogP contribution is 2.28. The fraction of sp³-hybridized carbons (Fsp3) is 0.136. The molecule has 8 heteroatoms. The van der Waals surface area contributed by atoms with Gasteiger partial charge in [0, 0.05) is 23.1 Å². The first-order valence-corrected chi connectivity index (χ1v) is 10.3. The number of pyridine rings is 1. The van der Waals surface area contributed by atoms with Crippen LogP contribution in [0.25, 0.3) is 0 Å². The maximum absolute atomic E-state index is 12.3. The second kappa shape index (κ2) is 10.4. The van der Waals surface area contributed by atoms with Gasteiger partial charge in [0.05, 0.1) is 5.02 Å². The Morgan fingerprint density at radius 2 is 1.73 bits per heavy atom. The smallest absolute Gasteiger partial charge is 0.266 e. The number of carbonyl (C=O) groups is 1. The molecule has 0 bridgehead atoms. The molecule has 0 aliphatic rings. The maximum Gasteiger partial charge on any atom is 0.266 e. The molecule has 0 saturated carbocycles. The molecule has 2 aromatic carbocycles. The molecule has 0 radical (unpaired) electrons. The molecule has 1 aromatic heterocycles. The summed E-state index contributed by atoms with van der Waals surface area (Å²) in [5.41, 5.74) is 3.11. The number of hydrogen-bond acceptors (Lipinski definition) is 4. The summed E-state index contributed by atoms with van der Waals surface area (Å²) in [4.78, 5) is 16.4. The van der Waals surface area contributed by atoms with Crippen molar-refractivity contribution in [3.8, 4) is 5.75 Å². The minimum Gasteiger partial charge on any atom is -0.479 e. The fourth-order valence-corrected chi connectivity index (χ4v) is 3.30. The van der Waals surface area contributed by atoms with E-state index in [1.807, 2.05) is 36.4 Å². The topological polar surface area (TPSA) is 63.2 Å². The zero-order chi connectivity index (χ0) is 21.5. The summed E-state index contributed by atoms with van der Waals surface area (Å²) >= 11 is 17.2.